The highest BCUT2D eigenvalue weighted by Crippen LogP contribution is 2.24. The van der Waals surface area contributed by atoms with E-state index in [9.17, 15) is 14.4 Å². The van der Waals surface area contributed by atoms with Gasteiger partial charge in [0.25, 0.3) is 17.7 Å². The topological polar surface area (TPSA) is 79.0 Å². The zero-order valence-electron chi connectivity index (χ0n) is 18.5. The van der Waals surface area contributed by atoms with Gasteiger partial charge in [-0.3, -0.25) is 24.2 Å². The van der Waals surface area contributed by atoms with Crippen molar-refractivity contribution in [2.45, 2.75) is 26.4 Å². The standard InChI is InChI=1S/C25H29N3O4/c1-17(2)22(27-11-13-32-14-12-27)15-26-23(29)19-9-7-18(8-10-19)16-28-24(30)20-5-3-4-6-21(20)25(28)31/h3-10,17,22H,11-16H2,1-2H3,(H,26,29). The molecule has 1 N–H and O–H groups in total. The van der Waals surface area contributed by atoms with Crippen LogP contribution in [0.15, 0.2) is 48.5 Å². The third-order valence-corrected chi connectivity index (χ3v) is 6.19. The maximum atomic E-state index is 12.7. The number of fused-ring (bicyclic) bond motifs is 1. The summed E-state index contributed by atoms with van der Waals surface area (Å²) >= 11 is 0. The van der Waals surface area contributed by atoms with Gasteiger partial charge in [0.1, 0.15) is 0 Å². The van der Waals surface area contributed by atoms with Crippen molar-refractivity contribution in [3.05, 3.63) is 70.8 Å². The minimum Gasteiger partial charge on any atom is -0.379 e. The van der Waals surface area contributed by atoms with E-state index in [1.807, 2.05) is 0 Å². The van der Waals surface area contributed by atoms with Crippen molar-refractivity contribution in [3.8, 4) is 0 Å². The second-order valence-corrected chi connectivity index (χ2v) is 8.61. The first-order valence-electron chi connectivity index (χ1n) is 11.1. The molecule has 0 saturated carbocycles. The van der Waals surface area contributed by atoms with Crippen molar-refractivity contribution in [1.82, 2.24) is 15.1 Å². The number of imide groups is 1. The molecule has 1 unspecified atom stereocenters. The predicted octanol–water partition coefficient (Wildman–Crippen LogP) is 2.57. The number of nitrogens with zero attached hydrogens (tertiary/aromatic N) is 2. The van der Waals surface area contributed by atoms with Crippen LogP contribution in [0, 0.1) is 5.92 Å². The van der Waals surface area contributed by atoms with Crippen LogP contribution in [0.1, 0.15) is 50.5 Å². The number of benzene rings is 2. The van der Waals surface area contributed by atoms with Crippen molar-refractivity contribution >= 4 is 17.7 Å². The molecule has 1 saturated heterocycles. The Kier molecular flexibility index (Phi) is 6.67. The van der Waals surface area contributed by atoms with E-state index in [-0.39, 0.29) is 30.3 Å². The Bertz CT molecular complexity index is 962. The van der Waals surface area contributed by atoms with Gasteiger partial charge in [-0.05, 0) is 35.7 Å². The minimum absolute atomic E-state index is 0.129. The number of rotatable bonds is 7. The molecular formula is C25H29N3O4. The molecule has 2 aromatic rings. The quantitative estimate of drug-likeness (QED) is 0.677. The second kappa shape index (κ2) is 9.63. The molecule has 7 nitrogen and oxygen atoms in total. The fourth-order valence-corrected chi connectivity index (χ4v) is 4.32. The summed E-state index contributed by atoms with van der Waals surface area (Å²) in [5.74, 6) is -0.280. The first-order valence-corrected chi connectivity index (χ1v) is 11.1. The highest BCUT2D eigenvalue weighted by atomic mass is 16.5. The fraction of sp³-hybridized carbons (Fsp3) is 0.400. The smallest absolute Gasteiger partial charge is 0.261 e. The van der Waals surface area contributed by atoms with Crippen LogP contribution in [0.25, 0.3) is 0 Å². The van der Waals surface area contributed by atoms with E-state index in [1.54, 1.807) is 48.5 Å². The summed E-state index contributed by atoms with van der Waals surface area (Å²) in [4.78, 5) is 41.4. The first-order chi connectivity index (χ1) is 15.5. The van der Waals surface area contributed by atoms with E-state index in [0.717, 1.165) is 31.9 Å². The Labute approximate surface area is 188 Å². The van der Waals surface area contributed by atoms with Gasteiger partial charge in [-0.15, -0.1) is 0 Å². The van der Waals surface area contributed by atoms with Gasteiger partial charge in [0.05, 0.1) is 30.9 Å². The normalized spacial score (nSPS) is 17.5. The van der Waals surface area contributed by atoms with Gasteiger partial charge in [-0.25, -0.2) is 0 Å². The lowest BCUT2D eigenvalue weighted by Crippen LogP contribution is -2.51. The molecule has 0 aliphatic carbocycles. The Morgan fingerprint density at radius 2 is 1.56 bits per heavy atom. The molecule has 2 heterocycles. The largest absolute Gasteiger partial charge is 0.379 e. The highest BCUT2D eigenvalue weighted by molar-refractivity contribution is 6.21. The summed E-state index contributed by atoms with van der Waals surface area (Å²) in [6, 6.07) is 14.2. The molecule has 168 valence electrons. The van der Waals surface area contributed by atoms with Crippen molar-refractivity contribution < 1.29 is 19.1 Å². The summed E-state index contributed by atoms with van der Waals surface area (Å²) in [5.41, 5.74) is 2.23. The Morgan fingerprint density at radius 1 is 0.969 bits per heavy atom. The minimum atomic E-state index is -0.282. The molecule has 4 rings (SSSR count). The van der Waals surface area contributed by atoms with Crippen LogP contribution in [-0.2, 0) is 11.3 Å². The summed E-state index contributed by atoms with van der Waals surface area (Å²) < 4.78 is 5.44. The number of amides is 3. The van der Waals surface area contributed by atoms with Gasteiger partial charge in [0, 0.05) is 31.2 Å². The molecule has 2 aliphatic rings. The maximum Gasteiger partial charge on any atom is 0.261 e. The van der Waals surface area contributed by atoms with Crippen LogP contribution in [0.5, 0.6) is 0 Å². The molecule has 1 atom stereocenters. The predicted molar refractivity (Wildman–Crippen MR) is 120 cm³/mol. The molecule has 0 bridgehead atoms. The number of ether oxygens (including phenoxy) is 1. The zero-order chi connectivity index (χ0) is 22.7. The average molecular weight is 436 g/mol. The van der Waals surface area contributed by atoms with E-state index in [2.05, 4.69) is 24.1 Å². The molecule has 2 aliphatic heterocycles. The number of nitrogens with one attached hydrogen (secondary N) is 1. The SMILES string of the molecule is CC(C)C(CNC(=O)c1ccc(CN2C(=O)c3ccccc3C2=O)cc1)N1CCOCC1. The van der Waals surface area contributed by atoms with E-state index in [4.69, 9.17) is 4.74 Å². The van der Waals surface area contributed by atoms with Crippen LogP contribution in [0.2, 0.25) is 0 Å². The molecular weight excluding hydrogens is 406 g/mol. The van der Waals surface area contributed by atoms with Crippen LogP contribution in [0.4, 0.5) is 0 Å². The van der Waals surface area contributed by atoms with E-state index in [0.29, 0.717) is 29.2 Å². The van der Waals surface area contributed by atoms with E-state index >= 15 is 0 Å². The lowest BCUT2D eigenvalue weighted by Gasteiger charge is -2.36. The lowest BCUT2D eigenvalue weighted by molar-refractivity contribution is 0.00672. The number of carbonyl (C=O) groups excluding carboxylic acids is 3. The zero-order valence-corrected chi connectivity index (χ0v) is 18.5. The van der Waals surface area contributed by atoms with Crippen LogP contribution in [-0.4, -0.2) is 66.4 Å². The fourth-order valence-electron chi connectivity index (χ4n) is 4.32. The monoisotopic (exact) mass is 435 g/mol. The molecule has 1 fully saturated rings. The Balaban J connectivity index is 1.36. The Hall–Kier alpha value is -3.03. The number of hydrogen-bond acceptors (Lipinski definition) is 5. The summed E-state index contributed by atoms with van der Waals surface area (Å²) in [6.45, 7) is 8.31. The lowest BCUT2D eigenvalue weighted by atomic mass is 10.0. The summed E-state index contributed by atoms with van der Waals surface area (Å²) in [5, 5.41) is 3.06. The molecule has 2 aromatic carbocycles. The third-order valence-electron chi connectivity index (χ3n) is 6.19. The highest BCUT2D eigenvalue weighted by Gasteiger charge is 2.35. The van der Waals surface area contributed by atoms with E-state index in [1.165, 1.54) is 4.90 Å². The molecule has 7 heteroatoms. The van der Waals surface area contributed by atoms with Crippen LogP contribution >= 0.6 is 0 Å². The van der Waals surface area contributed by atoms with Crippen LogP contribution < -0.4 is 5.32 Å². The molecule has 32 heavy (non-hydrogen) atoms. The van der Waals surface area contributed by atoms with Gasteiger partial charge in [0.15, 0.2) is 0 Å². The second-order valence-electron chi connectivity index (χ2n) is 8.61. The summed E-state index contributed by atoms with van der Waals surface area (Å²) in [7, 11) is 0. The third kappa shape index (κ3) is 4.59. The van der Waals surface area contributed by atoms with Gasteiger partial charge < -0.3 is 10.1 Å². The number of morpholine rings is 1. The number of hydrogen-bond donors (Lipinski definition) is 1. The van der Waals surface area contributed by atoms with Crippen LogP contribution in [0.3, 0.4) is 0 Å². The summed E-state index contributed by atoms with van der Waals surface area (Å²) in [6.07, 6.45) is 0. The maximum absolute atomic E-state index is 12.7. The molecule has 3 amide bonds. The van der Waals surface area contributed by atoms with Gasteiger partial charge in [0.2, 0.25) is 0 Å². The van der Waals surface area contributed by atoms with Gasteiger partial charge in [-0.1, -0.05) is 38.1 Å². The van der Waals surface area contributed by atoms with Gasteiger partial charge in [-0.2, -0.15) is 0 Å². The average Bonchev–Trinajstić information content (AvgIpc) is 3.05. The first kappa shape index (κ1) is 22.2. The molecule has 0 aromatic heterocycles. The van der Waals surface area contributed by atoms with Crippen molar-refractivity contribution in [2.24, 2.45) is 5.92 Å². The van der Waals surface area contributed by atoms with E-state index < -0.39 is 0 Å². The number of carbonyl (C=O) groups is 3. The molecule has 0 spiro atoms. The van der Waals surface area contributed by atoms with Crippen molar-refractivity contribution in [3.63, 3.8) is 0 Å². The van der Waals surface area contributed by atoms with Gasteiger partial charge >= 0.3 is 0 Å². The van der Waals surface area contributed by atoms with Crippen molar-refractivity contribution in [1.29, 1.82) is 0 Å². The van der Waals surface area contributed by atoms with Crippen molar-refractivity contribution in [2.75, 3.05) is 32.8 Å². The molecule has 0 radical (unpaired) electrons. The Morgan fingerprint density at radius 3 is 2.12 bits per heavy atom.